The van der Waals surface area contributed by atoms with E-state index >= 15 is 0 Å². The molecule has 0 saturated heterocycles. The first-order chi connectivity index (χ1) is 4.70. The molecular formula is C10H16. The molecule has 0 aromatic rings. The molecule has 0 saturated carbocycles. The monoisotopic (exact) mass is 136 g/mol. The summed E-state index contributed by atoms with van der Waals surface area (Å²) in [5.74, 6) is 0.892. The summed E-state index contributed by atoms with van der Waals surface area (Å²) in [6.07, 6.45) is 6.19. The lowest BCUT2D eigenvalue weighted by atomic mass is 9.88. The predicted octanol–water partition coefficient (Wildman–Crippen LogP) is 3.31. The van der Waals surface area contributed by atoms with E-state index in [0.29, 0.717) is 0 Å². The van der Waals surface area contributed by atoms with E-state index in [2.05, 4.69) is 26.5 Å². The summed E-state index contributed by atoms with van der Waals surface area (Å²) in [7, 11) is 0. The fourth-order valence-corrected chi connectivity index (χ4v) is 1.35. The maximum absolute atomic E-state index is 3.94. The number of hydrogen-bond donors (Lipinski definition) is 0. The van der Waals surface area contributed by atoms with Gasteiger partial charge in [0.25, 0.3) is 0 Å². The normalized spacial score (nSPS) is 25.8. The molecule has 0 heterocycles. The minimum Gasteiger partial charge on any atom is -0.0958 e. The number of hydrogen-bond acceptors (Lipinski definition) is 0. The molecule has 10 heavy (non-hydrogen) atoms. The molecule has 0 aromatic heterocycles. The summed E-state index contributed by atoms with van der Waals surface area (Å²) >= 11 is 0. The highest BCUT2D eigenvalue weighted by Gasteiger charge is 2.09. The van der Waals surface area contributed by atoms with Crippen molar-refractivity contribution in [3.8, 4) is 0 Å². The van der Waals surface area contributed by atoms with Crippen molar-refractivity contribution in [1.82, 2.24) is 0 Å². The average Bonchev–Trinajstić information content (AvgIpc) is 1.88. The Morgan fingerprint density at radius 2 is 2.40 bits per heavy atom. The van der Waals surface area contributed by atoms with Gasteiger partial charge >= 0.3 is 0 Å². The first-order valence-corrected chi connectivity index (χ1v) is 4.05. The van der Waals surface area contributed by atoms with Crippen LogP contribution < -0.4 is 0 Å². The molecule has 1 rings (SSSR count). The van der Waals surface area contributed by atoms with Crippen molar-refractivity contribution >= 4 is 0 Å². The lowest BCUT2D eigenvalue weighted by Crippen LogP contribution is -2.01. The lowest BCUT2D eigenvalue weighted by Gasteiger charge is -2.17. The van der Waals surface area contributed by atoms with Crippen LogP contribution in [0.25, 0.3) is 0 Å². The van der Waals surface area contributed by atoms with Crippen molar-refractivity contribution in [3.63, 3.8) is 0 Å². The predicted molar refractivity (Wildman–Crippen MR) is 45.9 cm³/mol. The second kappa shape index (κ2) is 3.05. The molecule has 0 amide bonds. The second-order valence-corrected chi connectivity index (χ2v) is 3.39. The Balaban J connectivity index is 2.56. The van der Waals surface area contributed by atoms with Crippen LogP contribution in [-0.2, 0) is 0 Å². The van der Waals surface area contributed by atoms with E-state index in [1.54, 1.807) is 0 Å². The fraction of sp³-hybridized carbons (Fsp3) is 0.600. The molecule has 56 valence electrons. The Morgan fingerprint density at radius 3 is 2.80 bits per heavy atom. The first-order valence-electron chi connectivity index (χ1n) is 4.05. The minimum absolute atomic E-state index is 0.892. The van der Waals surface area contributed by atoms with Gasteiger partial charge in [-0.3, -0.25) is 0 Å². The zero-order chi connectivity index (χ0) is 7.56. The summed E-state index contributed by atoms with van der Waals surface area (Å²) in [5, 5.41) is 0. The molecule has 0 radical (unpaired) electrons. The molecule has 0 heteroatoms. The van der Waals surface area contributed by atoms with Crippen LogP contribution >= 0.6 is 0 Å². The van der Waals surface area contributed by atoms with Crippen LogP contribution in [0.3, 0.4) is 0 Å². The Kier molecular flexibility index (Phi) is 2.31. The van der Waals surface area contributed by atoms with Crippen LogP contribution in [0.4, 0.5) is 0 Å². The number of rotatable bonds is 1. The molecular weight excluding hydrogens is 120 g/mol. The molecule has 0 fully saturated rings. The van der Waals surface area contributed by atoms with Crippen LogP contribution in [0.15, 0.2) is 23.8 Å². The fourth-order valence-electron chi connectivity index (χ4n) is 1.35. The van der Waals surface area contributed by atoms with Crippen molar-refractivity contribution < 1.29 is 0 Å². The van der Waals surface area contributed by atoms with Crippen LogP contribution in [0.2, 0.25) is 0 Å². The zero-order valence-electron chi connectivity index (χ0n) is 6.98. The minimum atomic E-state index is 0.892. The van der Waals surface area contributed by atoms with E-state index in [-0.39, 0.29) is 0 Å². The SMILES string of the molecule is C=C(C)C1=CC[C@H](C)CC1. The van der Waals surface area contributed by atoms with Crippen molar-refractivity contribution in [2.24, 2.45) is 5.92 Å². The number of allylic oxidation sites excluding steroid dienone is 3. The van der Waals surface area contributed by atoms with Gasteiger partial charge in [-0.15, -0.1) is 0 Å². The van der Waals surface area contributed by atoms with Crippen molar-refractivity contribution in [3.05, 3.63) is 23.8 Å². The van der Waals surface area contributed by atoms with Crippen LogP contribution in [-0.4, -0.2) is 0 Å². The Bertz CT molecular complexity index is 163. The smallest absolute Gasteiger partial charge is 0.0277 e. The van der Waals surface area contributed by atoms with Crippen LogP contribution in [0, 0.1) is 5.92 Å². The van der Waals surface area contributed by atoms with Gasteiger partial charge in [0.15, 0.2) is 0 Å². The van der Waals surface area contributed by atoms with Crippen molar-refractivity contribution in [1.29, 1.82) is 0 Å². The third-order valence-electron chi connectivity index (χ3n) is 2.22. The van der Waals surface area contributed by atoms with Gasteiger partial charge in [0.1, 0.15) is 0 Å². The molecule has 0 unspecified atom stereocenters. The van der Waals surface area contributed by atoms with Gasteiger partial charge < -0.3 is 0 Å². The van der Waals surface area contributed by atoms with E-state index in [1.807, 2.05) is 0 Å². The quantitative estimate of drug-likeness (QED) is 0.518. The lowest BCUT2D eigenvalue weighted by molar-refractivity contribution is 0.516. The Hall–Kier alpha value is -0.520. The van der Waals surface area contributed by atoms with Gasteiger partial charge in [0.05, 0.1) is 0 Å². The summed E-state index contributed by atoms with van der Waals surface area (Å²) in [6.45, 7) is 8.35. The standard InChI is InChI=1S/C10H16/c1-8(2)10-6-4-9(3)5-7-10/h6,9H,1,4-5,7H2,2-3H3/t9-/m0/s1. The highest BCUT2D eigenvalue weighted by molar-refractivity contribution is 5.27. The average molecular weight is 136 g/mol. The summed E-state index contributed by atoms with van der Waals surface area (Å²) in [6, 6.07) is 0. The van der Waals surface area contributed by atoms with E-state index in [9.17, 15) is 0 Å². The summed E-state index contributed by atoms with van der Waals surface area (Å²) in [4.78, 5) is 0. The van der Waals surface area contributed by atoms with E-state index < -0.39 is 0 Å². The van der Waals surface area contributed by atoms with E-state index in [1.165, 1.54) is 30.4 Å². The van der Waals surface area contributed by atoms with Gasteiger partial charge in [-0.2, -0.15) is 0 Å². The summed E-state index contributed by atoms with van der Waals surface area (Å²) < 4.78 is 0. The molecule has 0 bridgehead atoms. The molecule has 1 aliphatic carbocycles. The molecule has 0 aliphatic heterocycles. The van der Waals surface area contributed by atoms with Crippen molar-refractivity contribution in [2.45, 2.75) is 33.1 Å². The molecule has 1 atom stereocenters. The largest absolute Gasteiger partial charge is 0.0958 e. The Morgan fingerprint density at radius 1 is 1.70 bits per heavy atom. The van der Waals surface area contributed by atoms with Gasteiger partial charge in [0.2, 0.25) is 0 Å². The topological polar surface area (TPSA) is 0 Å². The molecule has 0 nitrogen and oxygen atoms in total. The van der Waals surface area contributed by atoms with Crippen LogP contribution in [0.1, 0.15) is 33.1 Å². The van der Waals surface area contributed by atoms with Crippen LogP contribution in [0.5, 0.6) is 0 Å². The molecule has 0 N–H and O–H groups in total. The van der Waals surface area contributed by atoms with Gasteiger partial charge in [0, 0.05) is 0 Å². The Labute approximate surface area is 63.6 Å². The van der Waals surface area contributed by atoms with Gasteiger partial charge in [-0.05, 0) is 37.7 Å². The highest BCUT2D eigenvalue weighted by Crippen LogP contribution is 2.26. The van der Waals surface area contributed by atoms with E-state index in [0.717, 1.165) is 5.92 Å². The molecule has 0 spiro atoms. The van der Waals surface area contributed by atoms with Gasteiger partial charge in [-0.1, -0.05) is 25.2 Å². The molecule has 0 aromatic carbocycles. The maximum atomic E-state index is 3.94. The maximum Gasteiger partial charge on any atom is -0.0277 e. The highest BCUT2D eigenvalue weighted by atomic mass is 14.1. The first kappa shape index (κ1) is 7.59. The second-order valence-electron chi connectivity index (χ2n) is 3.39. The summed E-state index contributed by atoms with van der Waals surface area (Å²) in [5.41, 5.74) is 2.74. The third-order valence-corrected chi connectivity index (χ3v) is 2.22. The third kappa shape index (κ3) is 1.73. The van der Waals surface area contributed by atoms with E-state index in [4.69, 9.17) is 0 Å². The van der Waals surface area contributed by atoms with Gasteiger partial charge in [-0.25, -0.2) is 0 Å². The van der Waals surface area contributed by atoms with Crippen molar-refractivity contribution in [2.75, 3.05) is 0 Å². The molecule has 1 aliphatic rings. The zero-order valence-corrected chi connectivity index (χ0v) is 6.98.